The summed E-state index contributed by atoms with van der Waals surface area (Å²) in [6.45, 7) is 5.10. The molecule has 3 aromatic rings. The molecule has 0 saturated carbocycles. The number of halogens is 2. The number of carbonyl (C=O) groups excluding carboxylic acids is 1. The molecule has 1 aliphatic heterocycles. The molecule has 2 atom stereocenters. The summed E-state index contributed by atoms with van der Waals surface area (Å²) in [6, 6.07) is 5.51. The van der Waals surface area contributed by atoms with Crippen molar-refractivity contribution in [3.05, 3.63) is 45.5 Å². The zero-order valence-corrected chi connectivity index (χ0v) is 20.7. The van der Waals surface area contributed by atoms with Crippen LogP contribution in [0, 0.1) is 18.3 Å². The number of aromatic nitrogens is 4. The number of likely N-dealkylation sites (N-methyl/N-ethyl adjacent to an activating group) is 1. The Morgan fingerprint density at radius 1 is 1.27 bits per heavy atom. The number of benzene rings is 1. The Kier molecular flexibility index (Phi) is 7.19. The highest BCUT2D eigenvalue weighted by molar-refractivity contribution is 5.93. The number of H-pyrrole nitrogens is 1. The maximum Gasteiger partial charge on any atom is 0.327 e. The van der Waals surface area contributed by atoms with Crippen LogP contribution in [-0.2, 0) is 0 Å². The summed E-state index contributed by atoms with van der Waals surface area (Å²) >= 11 is 0. The van der Waals surface area contributed by atoms with Gasteiger partial charge in [0.2, 0.25) is 11.9 Å². The molecule has 1 fully saturated rings. The minimum atomic E-state index is -2.70. The van der Waals surface area contributed by atoms with Crippen LogP contribution in [0.5, 0.6) is 5.75 Å². The summed E-state index contributed by atoms with van der Waals surface area (Å²) in [7, 11) is 1.72. The maximum absolute atomic E-state index is 12.9. The number of ether oxygens (including phenoxy) is 1. The minimum absolute atomic E-state index is 0.0365. The number of anilines is 2. The third-order valence-electron chi connectivity index (χ3n) is 6.08. The summed E-state index contributed by atoms with van der Waals surface area (Å²) in [4.78, 5) is 44.5. The molecular weight excluding hydrogens is 486 g/mol. The van der Waals surface area contributed by atoms with Crippen LogP contribution < -0.4 is 20.5 Å². The number of hydrogen-bond donors (Lipinski definition) is 2. The van der Waals surface area contributed by atoms with Crippen molar-refractivity contribution in [2.75, 3.05) is 30.4 Å². The lowest BCUT2D eigenvalue weighted by Gasteiger charge is -2.21. The molecule has 1 aliphatic rings. The van der Waals surface area contributed by atoms with Crippen LogP contribution in [0.15, 0.2) is 23.0 Å². The first-order chi connectivity index (χ1) is 17.6. The number of carbonyl (C=O) groups is 1. The molecule has 11 nitrogen and oxygen atoms in total. The van der Waals surface area contributed by atoms with Crippen LogP contribution >= 0.6 is 0 Å². The zero-order chi connectivity index (χ0) is 26.9. The van der Waals surface area contributed by atoms with Crippen LogP contribution in [-0.4, -0.2) is 63.5 Å². The van der Waals surface area contributed by atoms with Crippen molar-refractivity contribution in [3.63, 3.8) is 0 Å². The van der Waals surface area contributed by atoms with E-state index >= 15 is 0 Å². The van der Waals surface area contributed by atoms with Gasteiger partial charge in [-0.1, -0.05) is 6.92 Å². The largest absolute Gasteiger partial charge is 0.486 e. The highest BCUT2D eigenvalue weighted by Gasteiger charge is 2.37. The number of alkyl halides is 2. The summed E-state index contributed by atoms with van der Waals surface area (Å²) in [5, 5.41) is 13.0. The van der Waals surface area contributed by atoms with Gasteiger partial charge in [-0.2, -0.15) is 20.2 Å². The molecular formula is C24H26F2N8O3. The van der Waals surface area contributed by atoms with Crippen molar-refractivity contribution in [2.24, 2.45) is 0 Å². The van der Waals surface area contributed by atoms with Gasteiger partial charge in [-0.3, -0.25) is 9.69 Å². The van der Waals surface area contributed by atoms with Gasteiger partial charge in [0.1, 0.15) is 24.3 Å². The third-order valence-corrected chi connectivity index (χ3v) is 6.08. The summed E-state index contributed by atoms with van der Waals surface area (Å²) in [5.41, 5.74) is 0.311. The Morgan fingerprint density at radius 3 is 2.70 bits per heavy atom. The number of rotatable bonds is 8. The number of urea groups is 1. The monoisotopic (exact) mass is 512 g/mol. The average Bonchev–Trinajstić information content (AvgIpc) is 3.14. The lowest BCUT2D eigenvalue weighted by Crippen LogP contribution is -2.36. The van der Waals surface area contributed by atoms with Crippen molar-refractivity contribution >= 4 is 28.8 Å². The minimum Gasteiger partial charge on any atom is -0.486 e. The van der Waals surface area contributed by atoms with E-state index in [1.807, 2.05) is 13.0 Å². The van der Waals surface area contributed by atoms with Gasteiger partial charge in [-0.15, -0.1) is 0 Å². The Bertz CT molecular complexity index is 1440. The summed E-state index contributed by atoms with van der Waals surface area (Å²) in [6.07, 6.45) is -1.97. The predicted molar refractivity (Wildman–Crippen MR) is 132 cm³/mol. The lowest BCUT2D eigenvalue weighted by molar-refractivity contribution is 0.0818. The van der Waals surface area contributed by atoms with E-state index < -0.39 is 24.6 Å². The number of nitriles is 1. The molecule has 194 valence electrons. The van der Waals surface area contributed by atoms with Crippen LogP contribution in [0.2, 0.25) is 0 Å². The number of aromatic amines is 1. The Hall–Kier alpha value is -4.34. The predicted octanol–water partition coefficient (Wildman–Crippen LogP) is 3.36. The fraction of sp³-hybridized carbons (Fsp3) is 0.417. The van der Waals surface area contributed by atoms with Gasteiger partial charge in [0.25, 0.3) is 12.0 Å². The highest BCUT2D eigenvalue weighted by atomic mass is 19.3. The van der Waals surface area contributed by atoms with Crippen molar-refractivity contribution in [2.45, 2.75) is 45.7 Å². The standard InChI is InChI=1S/C24H26F2N8O3/c1-5-16-10-33(4)24(36)34(16)23-30-13(3)29-22(32-23)28-12(2)17-7-14-6-15(9-27)19(37-11-20(25)26)8-18(14)31-21(17)35/h6-8,12,16,20H,5,10-11H2,1-4H3,(H,31,35)(H,28,29,30,32)/t12-,16-/m0/s1. The van der Waals surface area contributed by atoms with Crippen molar-refractivity contribution < 1.29 is 18.3 Å². The van der Waals surface area contributed by atoms with E-state index in [1.165, 1.54) is 12.1 Å². The van der Waals surface area contributed by atoms with Crippen molar-refractivity contribution in [1.29, 1.82) is 5.26 Å². The fourth-order valence-electron chi connectivity index (χ4n) is 4.22. The molecule has 0 aliphatic carbocycles. The van der Waals surface area contributed by atoms with E-state index in [1.54, 1.807) is 36.8 Å². The molecule has 0 unspecified atom stereocenters. The summed E-state index contributed by atoms with van der Waals surface area (Å²) in [5.74, 6) is 0.788. The number of hydrogen-bond acceptors (Lipinski definition) is 8. The van der Waals surface area contributed by atoms with Gasteiger partial charge < -0.3 is 19.9 Å². The zero-order valence-electron chi connectivity index (χ0n) is 20.7. The molecule has 4 rings (SSSR count). The molecule has 0 radical (unpaired) electrons. The number of amides is 2. The number of aryl methyl sites for hydroxylation is 1. The maximum atomic E-state index is 12.9. The highest BCUT2D eigenvalue weighted by Crippen LogP contribution is 2.27. The molecule has 37 heavy (non-hydrogen) atoms. The number of fused-ring (bicyclic) bond motifs is 1. The van der Waals surface area contributed by atoms with E-state index in [4.69, 9.17) is 4.74 Å². The second kappa shape index (κ2) is 10.3. The topological polar surface area (TPSA) is 140 Å². The Balaban J connectivity index is 1.64. The van der Waals surface area contributed by atoms with Crippen LogP contribution in [0.3, 0.4) is 0 Å². The smallest absolute Gasteiger partial charge is 0.327 e. The SMILES string of the molecule is CC[C@H]1CN(C)C(=O)N1c1nc(C)nc(N[C@@H](C)c2cc3cc(C#N)c(OCC(F)F)cc3[nH]c2=O)n1. The van der Waals surface area contributed by atoms with Gasteiger partial charge in [0.05, 0.1) is 23.2 Å². The molecule has 1 aromatic carbocycles. The average molecular weight is 513 g/mol. The molecule has 1 saturated heterocycles. The van der Waals surface area contributed by atoms with E-state index in [0.29, 0.717) is 28.8 Å². The van der Waals surface area contributed by atoms with Crippen molar-refractivity contribution in [3.8, 4) is 11.8 Å². The van der Waals surface area contributed by atoms with Gasteiger partial charge in [-0.25, -0.2) is 13.6 Å². The number of nitrogens with one attached hydrogen (secondary N) is 2. The van der Waals surface area contributed by atoms with Gasteiger partial charge in [-0.05, 0) is 32.4 Å². The Morgan fingerprint density at radius 2 is 2.03 bits per heavy atom. The van der Waals surface area contributed by atoms with Gasteiger partial charge in [0, 0.05) is 30.6 Å². The summed E-state index contributed by atoms with van der Waals surface area (Å²) < 4.78 is 30.1. The molecule has 2 aromatic heterocycles. The second-order valence-electron chi connectivity index (χ2n) is 8.77. The van der Waals surface area contributed by atoms with Crippen molar-refractivity contribution in [1.82, 2.24) is 24.8 Å². The lowest BCUT2D eigenvalue weighted by atomic mass is 10.1. The fourth-order valence-corrected chi connectivity index (χ4v) is 4.22. The van der Waals surface area contributed by atoms with Gasteiger partial charge in [0.15, 0.2) is 0 Å². The quantitative estimate of drug-likeness (QED) is 0.468. The molecule has 0 spiro atoms. The second-order valence-corrected chi connectivity index (χ2v) is 8.77. The Labute approximate surface area is 211 Å². The van der Waals surface area contributed by atoms with Crippen LogP contribution in [0.25, 0.3) is 10.9 Å². The van der Waals surface area contributed by atoms with Gasteiger partial charge >= 0.3 is 6.03 Å². The normalized spacial score (nSPS) is 16.4. The molecule has 13 heteroatoms. The van der Waals surface area contributed by atoms with Crippen LogP contribution in [0.4, 0.5) is 25.5 Å². The number of nitrogens with zero attached hydrogens (tertiary/aromatic N) is 6. The van der Waals surface area contributed by atoms with Crippen LogP contribution in [0.1, 0.15) is 43.3 Å². The number of pyridine rings is 1. The van der Waals surface area contributed by atoms with E-state index in [-0.39, 0.29) is 35.3 Å². The van der Waals surface area contributed by atoms with E-state index in [0.717, 1.165) is 6.42 Å². The molecule has 0 bridgehead atoms. The molecule has 2 amide bonds. The molecule has 2 N–H and O–H groups in total. The first kappa shape index (κ1) is 25.7. The van der Waals surface area contributed by atoms with E-state index in [9.17, 15) is 23.6 Å². The molecule has 3 heterocycles. The third kappa shape index (κ3) is 5.28. The first-order valence-electron chi connectivity index (χ1n) is 11.7. The van der Waals surface area contributed by atoms with E-state index in [2.05, 4.69) is 25.3 Å². The first-order valence-corrected chi connectivity index (χ1v) is 11.7.